The molecule has 1 atom stereocenters. The highest BCUT2D eigenvalue weighted by atomic mass is 16.6. The lowest BCUT2D eigenvalue weighted by Gasteiger charge is -2.27. The van der Waals surface area contributed by atoms with Gasteiger partial charge in [0, 0.05) is 0 Å². The van der Waals surface area contributed by atoms with Crippen LogP contribution in [0.4, 0.5) is 0 Å². The zero-order valence-electron chi connectivity index (χ0n) is 45.7. The van der Waals surface area contributed by atoms with E-state index < -0.39 is 36.5 Å². The van der Waals surface area contributed by atoms with Crippen LogP contribution in [0.5, 0.6) is 0 Å². The zero-order chi connectivity index (χ0) is 49.0. The van der Waals surface area contributed by atoms with Gasteiger partial charge in [-0.05, 0) is 32.1 Å². The molecule has 1 aliphatic heterocycles. The molecule has 0 spiro atoms. The quantitative estimate of drug-likeness (QED) is 0.0358. The van der Waals surface area contributed by atoms with Crippen LogP contribution in [0, 0.1) is 11.3 Å². The minimum Gasteiger partial charge on any atom is -0.465 e. The Bertz CT molecular complexity index is 1070. The monoisotopic (exact) mass is 959 g/mol. The standard InChI is InChI=1S/C62H118O6/c1-2-3-4-5-6-7-8-9-10-11-12-13-14-15-16-17-18-19-20-21-22-23-24-25-26-27-28-29-30-31-32-33-34-35-36-37-38-39-40-41-42-43-44-45-46-47-48-49-50-51-52-53-59-54-60(65)67-57-62(55-63,56-64)58-68-61(59)66/h15-16,59,63-64H,2-14,17-58H2,1H3/b16-15+. The number of hydrogen-bond acceptors (Lipinski definition) is 6. The number of unbranched alkanes of at least 4 members (excludes halogenated alkanes) is 47. The van der Waals surface area contributed by atoms with Gasteiger partial charge in [-0.1, -0.05) is 308 Å². The van der Waals surface area contributed by atoms with Crippen LogP contribution in [-0.2, 0) is 19.1 Å². The van der Waals surface area contributed by atoms with Crippen molar-refractivity contribution < 1.29 is 29.3 Å². The average Bonchev–Trinajstić information content (AvgIpc) is 3.40. The Morgan fingerprint density at radius 1 is 0.382 bits per heavy atom. The second-order valence-corrected chi connectivity index (χ2v) is 22.1. The van der Waals surface area contributed by atoms with Crippen LogP contribution in [0.25, 0.3) is 0 Å². The number of ether oxygens (including phenoxy) is 2. The van der Waals surface area contributed by atoms with Gasteiger partial charge in [0.2, 0.25) is 0 Å². The SMILES string of the molecule is CCCCCCCCCCCCCC/C=C/CCCCCCCCCCCCCCCCCCCCCCCCCCCCCCCCCCCCCC1CC(=O)OCC(CO)(CO)COC1=O. The van der Waals surface area contributed by atoms with Crippen molar-refractivity contribution in [1.82, 2.24) is 0 Å². The van der Waals surface area contributed by atoms with E-state index in [2.05, 4.69) is 19.1 Å². The van der Waals surface area contributed by atoms with E-state index in [1.165, 1.54) is 295 Å². The molecule has 402 valence electrons. The molecule has 0 aromatic carbocycles. The molecule has 1 saturated heterocycles. The molecule has 1 aliphatic rings. The summed E-state index contributed by atoms with van der Waals surface area (Å²) in [5.74, 6) is -1.40. The summed E-state index contributed by atoms with van der Waals surface area (Å²) in [6.45, 7) is 1.21. The van der Waals surface area contributed by atoms with Gasteiger partial charge in [-0.25, -0.2) is 0 Å². The molecule has 0 radical (unpaired) electrons. The molecule has 1 heterocycles. The zero-order valence-corrected chi connectivity index (χ0v) is 45.7. The Balaban J connectivity index is 1.69. The highest BCUT2D eigenvalue weighted by Gasteiger charge is 2.36. The summed E-state index contributed by atoms with van der Waals surface area (Å²) in [6, 6.07) is 0. The van der Waals surface area contributed by atoms with Crippen molar-refractivity contribution in [3.05, 3.63) is 12.2 Å². The number of esters is 2. The molecule has 68 heavy (non-hydrogen) atoms. The van der Waals surface area contributed by atoms with E-state index in [9.17, 15) is 19.8 Å². The minimum absolute atomic E-state index is 0.00495. The second-order valence-electron chi connectivity index (χ2n) is 22.1. The lowest BCUT2D eigenvalue weighted by Crippen LogP contribution is -2.40. The van der Waals surface area contributed by atoms with Gasteiger partial charge in [-0.15, -0.1) is 0 Å². The van der Waals surface area contributed by atoms with E-state index in [1.807, 2.05) is 0 Å². The fraction of sp³-hybridized carbons (Fsp3) is 0.935. The number of carbonyl (C=O) groups is 2. The first-order chi connectivity index (χ1) is 33.6. The van der Waals surface area contributed by atoms with Gasteiger partial charge in [-0.2, -0.15) is 0 Å². The summed E-state index contributed by atoms with van der Waals surface area (Å²) < 4.78 is 10.6. The van der Waals surface area contributed by atoms with Crippen molar-refractivity contribution in [2.45, 2.75) is 334 Å². The number of allylic oxidation sites excluding steroid dienone is 2. The number of aliphatic hydroxyl groups is 2. The lowest BCUT2D eigenvalue weighted by atomic mass is 9.92. The molecule has 1 fully saturated rings. The van der Waals surface area contributed by atoms with Crippen molar-refractivity contribution in [3.63, 3.8) is 0 Å². The van der Waals surface area contributed by atoms with E-state index >= 15 is 0 Å². The Labute approximate surface area is 423 Å². The summed E-state index contributed by atoms with van der Waals surface area (Å²) in [5, 5.41) is 19.2. The largest absolute Gasteiger partial charge is 0.465 e. The molecule has 2 N–H and O–H groups in total. The van der Waals surface area contributed by atoms with Crippen molar-refractivity contribution in [2.75, 3.05) is 26.4 Å². The number of carbonyl (C=O) groups excluding carboxylic acids is 2. The summed E-state index contributed by atoms with van der Waals surface area (Å²) in [5.41, 5.74) is -1.12. The summed E-state index contributed by atoms with van der Waals surface area (Å²) >= 11 is 0. The first kappa shape index (κ1) is 64.6. The van der Waals surface area contributed by atoms with Crippen LogP contribution in [-0.4, -0.2) is 48.6 Å². The number of aliphatic hydroxyl groups excluding tert-OH is 2. The Kier molecular flexibility index (Phi) is 49.4. The molecule has 0 amide bonds. The molecule has 1 rings (SSSR count). The first-order valence-electron chi connectivity index (χ1n) is 30.8. The lowest BCUT2D eigenvalue weighted by molar-refractivity contribution is -0.155. The molecule has 6 nitrogen and oxygen atoms in total. The van der Waals surface area contributed by atoms with E-state index in [0.717, 1.165) is 19.3 Å². The molecular formula is C62H118O6. The van der Waals surface area contributed by atoms with Crippen LogP contribution < -0.4 is 0 Å². The van der Waals surface area contributed by atoms with Gasteiger partial charge in [0.1, 0.15) is 13.2 Å². The van der Waals surface area contributed by atoms with E-state index in [-0.39, 0.29) is 19.6 Å². The topological polar surface area (TPSA) is 93.1 Å². The molecule has 0 aromatic heterocycles. The van der Waals surface area contributed by atoms with Crippen LogP contribution in [0.3, 0.4) is 0 Å². The van der Waals surface area contributed by atoms with Crippen LogP contribution in [0.1, 0.15) is 334 Å². The summed E-state index contributed by atoms with van der Waals surface area (Å²) in [6.07, 6.45) is 74.2. The fourth-order valence-electron chi connectivity index (χ4n) is 10.2. The Morgan fingerprint density at radius 3 is 0.912 bits per heavy atom. The highest BCUT2D eigenvalue weighted by molar-refractivity contribution is 5.80. The normalized spacial score (nSPS) is 15.4. The molecule has 0 bridgehead atoms. The van der Waals surface area contributed by atoms with Gasteiger partial charge < -0.3 is 19.7 Å². The van der Waals surface area contributed by atoms with Crippen LogP contribution in [0.15, 0.2) is 12.2 Å². The predicted octanol–water partition coefficient (Wildman–Crippen LogP) is 19.1. The molecule has 1 unspecified atom stereocenters. The van der Waals surface area contributed by atoms with Gasteiger partial charge >= 0.3 is 11.9 Å². The first-order valence-corrected chi connectivity index (χ1v) is 30.8. The molecule has 0 saturated carbocycles. The molecule has 6 heteroatoms. The number of rotatable bonds is 53. The van der Waals surface area contributed by atoms with Gasteiger partial charge in [0.05, 0.1) is 31.0 Å². The third-order valence-corrected chi connectivity index (χ3v) is 15.3. The summed E-state index contributed by atoms with van der Waals surface area (Å²) in [7, 11) is 0. The maximum absolute atomic E-state index is 12.5. The Morgan fingerprint density at radius 2 is 0.632 bits per heavy atom. The molecular weight excluding hydrogens is 841 g/mol. The average molecular weight is 960 g/mol. The van der Waals surface area contributed by atoms with Crippen molar-refractivity contribution in [1.29, 1.82) is 0 Å². The van der Waals surface area contributed by atoms with Gasteiger partial charge in [0.25, 0.3) is 0 Å². The fourth-order valence-corrected chi connectivity index (χ4v) is 10.2. The molecule has 0 aliphatic carbocycles. The van der Waals surface area contributed by atoms with Crippen molar-refractivity contribution >= 4 is 11.9 Å². The van der Waals surface area contributed by atoms with Crippen molar-refractivity contribution in [3.8, 4) is 0 Å². The second kappa shape index (κ2) is 51.9. The highest BCUT2D eigenvalue weighted by Crippen LogP contribution is 2.25. The smallest absolute Gasteiger partial charge is 0.309 e. The Hall–Kier alpha value is -1.40. The third-order valence-electron chi connectivity index (χ3n) is 15.3. The maximum Gasteiger partial charge on any atom is 0.309 e. The molecule has 0 aromatic rings. The third kappa shape index (κ3) is 43.4. The van der Waals surface area contributed by atoms with E-state index in [4.69, 9.17) is 9.47 Å². The number of cyclic esters (lactones) is 2. The van der Waals surface area contributed by atoms with Crippen LogP contribution in [0.2, 0.25) is 0 Å². The van der Waals surface area contributed by atoms with Gasteiger partial charge in [0.15, 0.2) is 0 Å². The maximum atomic E-state index is 12.5. The summed E-state index contributed by atoms with van der Waals surface area (Å²) in [4.78, 5) is 24.7. The number of hydrogen-bond donors (Lipinski definition) is 2. The minimum atomic E-state index is -1.12. The van der Waals surface area contributed by atoms with Crippen molar-refractivity contribution in [2.24, 2.45) is 11.3 Å². The predicted molar refractivity (Wildman–Crippen MR) is 292 cm³/mol. The van der Waals surface area contributed by atoms with E-state index in [0.29, 0.717) is 6.42 Å². The van der Waals surface area contributed by atoms with E-state index in [1.54, 1.807) is 0 Å². The van der Waals surface area contributed by atoms with Crippen LogP contribution >= 0.6 is 0 Å². The van der Waals surface area contributed by atoms with Gasteiger partial charge in [-0.3, -0.25) is 9.59 Å².